The molecular weight excluding hydrogens is 148 g/mol. The van der Waals surface area contributed by atoms with Crippen LogP contribution < -0.4 is 0 Å². The molecule has 12 heavy (non-hydrogen) atoms. The molecule has 0 aromatic rings. The van der Waals surface area contributed by atoms with Gasteiger partial charge in [-0.05, 0) is 25.8 Å². The number of rotatable bonds is 8. The molecule has 0 radical (unpaired) electrons. The highest BCUT2D eigenvalue weighted by Crippen LogP contribution is 2.05. The molecule has 0 aromatic carbocycles. The lowest BCUT2D eigenvalue weighted by molar-refractivity contribution is 0.268. The molecule has 0 spiro atoms. The zero-order valence-electron chi connectivity index (χ0n) is 8.51. The van der Waals surface area contributed by atoms with E-state index in [0.29, 0.717) is 0 Å². The highest BCUT2D eigenvalue weighted by Gasteiger charge is 1.85. The van der Waals surface area contributed by atoms with Crippen LogP contribution in [0.1, 0.15) is 52.4 Å². The Labute approximate surface area is 76.8 Å². The van der Waals surface area contributed by atoms with E-state index in [-0.39, 0.29) is 0 Å². The van der Waals surface area contributed by atoms with Gasteiger partial charge in [-0.3, -0.25) is 0 Å². The molecule has 0 saturated carbocycles. The van der Waals surface area contributed by atoms with Crippen LogP contribution in [0.15, 0.2) is 12.3 Å². The first-order chi connectivity index (χ1) is 5.91. The van der Waals surface area contributed by atoms with Crippen LogP contribution in [0.2, 0.25) is 0 Å². The first kappa shape index (κ1) is 11.5. The maximum absolute atomic E-state index is 5.08. The Morgan fingerprint density at radius 2 is 1.75 bits per heavy atom. The van der Waals surface area contributed by atoms with E-state index < -0.39 is 0 Å². The van der Waals surface area contributed by atoms with Gasteiger partial charge in [0.25, 0.3) is 0 Å². The van der Waals surface area contributed by atoms with Gasteiger partial charge in [0.05, 0.1) is 12.9 Å². The third-order valence-electron chi connectivity index (χ3n) is 1.83. The first-order valence-electron chi connectivity index (χ1n) is 5.18. The Morgan fingerprint density at radius 3 is 2.42 bits per heavy atom. The summed E-state index contributed by atoms with van der Waals surface area (Å²) in [6.45, 7) is 5.03. The fourth-order valence-corrected chi connectivity index (χ4v) is 1.10. The van der Waals surface area contributed by atoms with Crippen molar-refractivity contribution in [2.45, 2.75) is 52.4 Å². The topological polar surface area (TPSA) is 9.23 Å². The van der Waals surface area contributed by atoms with Crippen molar-refractivity contribution in [2.24, 2.45) is 0 Å². The minimum Gasteiger partial charge on any atom is -0.502 e. The number of allylic oxidation sites excluding steroid dienone is 1. The molecule has 72 valence electrons. The van der Waals surface area contributed by atoms with Crippen LogP contribution in [-0.4, -0.2) is 6.61 Å². The van der Waals surface area contributed by atoms with Gasteiger partial charge >= 0.3 is 0 Å². The molecule has 0 aliphatic heterocycles. The van der Waals surface area contributed by atoms with E-state index in [2.05, 4.69) is 13.0 Å². The minimum absolute atomic E-state index is 0.784. The molecule has 0 bridgehead atoms. The lowest BCUT2D eigenvalue weighted by atomic mass is 10.1. The van der Waals surface area contributed by atoms with Gasteiger partial charge in [-0.1, -0.05) is 32.6 Å². The summed E-state index contributed by atoms with van der Waals surface area (Å²) in [5.41, 5.74) is 0. The largest absolute Gasteiger partial charge is 0.502 e. The molecule has 0 aliphatic carbocycles. The number of ether oxygens (including phenoxy) is 1. The Hall–Kier alpha value is -0.460. The zero-order chi connectivity index (χ0) is 9.07. The molecule has 0 amide bonds. The van der Waals surface area contributed by atoms with Gasteiger partial charge < -0.3 is 4.74 Å². The summed E-state index contributed by atoms with van der Waals surface area (Å²) in [6.07, 6.45) is 11.9. The molecular formula is C11H22O. The predicted molar refractivity (Wildman–Crippen MR) is 54.1 cm³/mol. The number of hydrogen-bond donors (Lipinski definition) is 0. The van der Waals surface area contributed by atoms with Crippen molar-refractivity contribution >= 4 is 0 Å². The van der Waals surface area contributed by atoms with E-state index in [9.17, 15) is 0 Å². The second-order valence-corrected chi connectivity index (χ2v) is 3.03. The Kier molecular flexibility index (Phi) is 10.1. The molecule has 0 heterocycles. The quantitative estimate of drug-likeness (QED) is 0.396. The average Bonchev–Trinajstić information content (AvgIpc) is 2.10. The third kappa shape index (κ3) is 9.54. The molecule has 0 N–H and O–H groups in total. The van der Waals surface area contributed by atoms with Crippen LogP contribution >= 0.6 is 0 Å². The van der Waals surface area contributed by atoms with E-state index in [1.165, 1.54) is 38.5 Å². The maximum Gasteiger partial charge on any atom is 0.0845 e. The Bertz CT molecular complexity index is 97.2. The minimum atomic E-state index is 0.784. The Balaban J connectivity index is 2.90. The van der Waals surface area contributed by atoms with Crippen molar-refractivity contribution in [3.05, 3.63) is 12.3 Å². The standard InChI is InChI=1S/C11H22O/c1-3-5-6-7-8-9-10-11-12-4-2/h10-11H,3-9H2,1-2H3/b11-10+. The van der Waals surface area contributed by atoms with Crippen molar-refractivity contribution in [1.82, 2.24) is 0 Å². The van der Waals surface area contributed by atoms with Crippen LogP contribution in [0.5, 0.6) is 0 Å². The molecule has 0 aliphatic rings. The van der Waals surface area contributed by atoms with Crippen LogP contribution in [-0.2, 0) is 4.74 Å². The van der Waals surface area contributed by atoms with Crippen molar-refractivity contribution in [3.63, 3.8) is 0 Å². The molecule has 0 rings (SSSR count). The molecule has 0 atom stereocenters. The number of hydrogen-bond acceptors (Lipinski definition) is 1. The SMILES string of the molecule is CCCCCCC/C=C/OCC. The summed E-state index contributed by atoms with van der Waals surface area (Å²) in [7, 11) is 0. The molecule has 0 unspecified atom stereocenters. The summed E-state index contributed by atoms with van der Waals surface area (Å²) in [5.74, 6) is 0. The first-order valence-corrected chi connectivity index (χ1v) is 5.18. The highest BCUT2D eigenvalue weighted by atomic mass is 16.5. The molecule has 0 saturated heterocycles. The van der Waals surface area contributed by atoms with Gasteiger partial charge in [0.15, 0.2) is 0 Å². The average molecular weight is 170 g/mol. The zero-order valence-corrected chi connectivity index (χ0v) is 8.51. The summed E-state index contributed by atoms with van der Waals surface area (Å²) >= 11 is 0. The monoisotopic (exact) mass is 170 g/mol. The Morgan fingerprint density at radius 1 is 1.00 bits per heavy atom. The van der Waals surface area contributed by atoms with E-state index in [0.717, 1.165) is 6.61 Å². The summed E-state index contributed by atoms with van der Waals surface area (Å²) in [5, 5.41) is 0. The van der Waals surface area contributed by atoms with Crippen molar-refractivity contribution < 1.29 is 4.74 Å². The van der Waals surface area contributed by atoms with Crippen molar-refractivity contribution in [2.75, 3.05) is 6.61 Å². The fraction of sp³-hybridized carbons (Fsp3) is 0.818. The summed E-state index contributed by atoms with van der Waals surface area (Å²) in [6, 6.07) is 0. The number of unbranched alkanes of at least 4 members (excludes halogenated alkanes) is 5. The fourth-order valence-electron chi connectivity index (χ4n) is 1.10. The van der Waals surface area contributed by atoms with Gasteiger partial charge in [-0.25, -0.2) is 0 Å². The van der Waals surface area contributed by atoms with Gasteiger partial charge in [0.1, 0.15) is 0 Å². The molecule has 0 fully saturated rings. The van der Waals surface area contributed by atoms with Crippen molar-refractivity contribution in [3.8, 4) is 0 Å². The second-order valence-electron chi connectivity index (χ2n) is 3.03. The van der Waals surface area contributed by atoms with E-state index in [1.54, 1.807) is 0 Å². The van der Waals surface area contributed by atoms with E-state index in [4.69, 9.17) is 4.74 Å². The maximum atomic E-state index is 5.08. The lowest BCUT2D eigenvalue weighted by Gasteiger charge is -1.96. The third-order valence-corrected chi connectivity index (χ3v) is 1.83. The van der Waals surface area contributed by atoms with E-state index in [1.807, 2.05) is 13.2 Å². The molecule has 0 aromatic heterocycles. The summed E-state index contributed by atoms with van der Waals surface area (Å²) in [4.78, 5) is 0. The second kappa shape index (κ2) is 10.5. The van der Waals surface area contributed by atoms with Crippen LogP contribution in [0, 0.1) is 0 Å². The van der Waals surface area contributed by atoms with Crippen LogP contribution in [0.25, 0.3) is 0 Å². The predicted octanol–water partition coefficient (Wildman–Crippen LogP) is 3.90. The molecule has 1 heteroatoms. The van der Waals surface area contributed by atoms with Crippen molar-refractivity contribution in [1.29, 1.82) is 0 Å². The van der Waals surface area contributed by atoms with Gasteiger partial charge in [0, 0.05) is 0 Å². The smallest absolute Gasteiger partial charge is 0.0845 e. The van der Waals surface area contributed by atoms with Crippen LogP contribution in [0.3, 0.4) is 0 Å². The van der Waals surface area contributed by atoms with Gasteiger partial charge in [-0.15, -0.1) is 0 Å². The highest BCUT2D eigenvalue weighted by molar-refractivity contribution is 4.72. The lowest BCUT2D eigenvalue weighted by Crippen LogP contribution is -1.78. The van der Waals surface area contributed by atoms with Gasteiger partial charge in [-0.2, -0.15) is 0 Å². The van der Waals surface area contributed by atoms with E-state index >= 15 is 0 Å². The van der Waals surface area contributed by atoms with Crippen LogP contribution in [0.4, 0.5) is 0 Å². The van der Waals surface area contributed by atoms with Gasteiger partial charge in [0.2, 0.25) is 0 Å². The normalized spacial score (nSPS) is 10.8. The molecule has 1 nitrogen and oxygen atoms in total. The summed E-state index contributed by atoms with van der Waals surface area (Å²) < 4.78 is 5.08.